The molecule has 0 saturated carbocycles. The second kappa shape index (κ2) is 9.17. The van der Waals surface area contributed by atoms with E-state index in [4.69, 9.17) is 4.74 Å². The zero-order chi connectivity index (χ0) is 21.6. The summed E-state index contributed by atoms with van der Waals surface area (Å²) < 4.78 is 18.6. The molecule has 1 N–H and O–H groups in total. The van der Waals surface area contributed by atoms with Gasteiger partial charge in [0.15, 0.2) is 5.82 Å². The Kier molecular flexibility index (Phi) is 5.98. The number of hydrazone groups is 1. The molecule has 0 atom stereocenters. The Morgan fingerprint density at radius 1 is 0.935 bits per heavy atom. The first-order valence-electron chi connectivity index (χ1n) is 9.77. The summed E-state index contributed by atoms with van der Waals surface area (Å²) in [5, 5.41) is 4.54. The molecule has 0 aliphatic rings. The van der Waals surface area contributed by atoms with Gasteiger partial charge in [-0.25, -0.2) is 14.4 Å². The average molecular weight is 412 g/mol. The Balaban J connectivity index is 1.66. The first-order valence-corrected chi connectivity index (χ1v) is 9.77. The van der Waals surface area contributed by atoms with E-state index in [-0.39, 0.29) is 5.82 Å². The Morgan fingerprint density at radius 3 is 2.29 bits per heavy atom. The Labute approximate surface area is 179 Å². The van der Waals surface area contributed by atoms with Crippen LogP contribution in [0.1, 0.15) is 16.8 Å². The number of nitrogens with zero attached hydrogens (tertiary/aromatic N) is 3. The van der Waals surface area contributed by atoms with E-state index < -0.39 is 0 Å². The maximum atomic E-state index is 13.4. The number of hydrogen-bond acceptors (Lipinski definition) is 5. The average Bonchev–Trinajstić information content (AvgIpc) is 2.80. The van der Waals surface area contributed by atoms with E-state index in [1.54, 1.807) is 19.2 Å². The maximum Gasteiger partial charge on any atom is 0.168 e. The van der Waals surface area contributed by atoms with Gasteiger partial charge in [0.1, 0.15) is 11.6 Å². The highest BCUT2D eigenvalue weighted by atomic mass is 19.1. The summed E-state index contributed by atoms with van der Waals surface area (Å²) in [5.74, 6) is 1.05. The molecule has 0 radical (unpaired) electrons. The van der Waals surface area contributed by atoms with Crippen molar-refractivity contribution in [2.24, 2.45) is 5.10 Å². The van der Waals surface area contributed by atoms with Gasteiger partial charge in [0, 0.05) is 5.56 Å². The minimum absolute atomic E-state index is 0.300. The minimum atomic E-state index is -0.300. The van der Waals surface area contributed by atoms with Gasteiger partial charge in [0.05, 0.1) is 29.5 Å². The first kappa shape index (κ1) is 20.2. The van der Waals surface area contributed by atoms with Gasteiger partial charge in [0.2, 0.25) is 0 Å². The smallest absolute Gasteiger partial charge is 0.168 e. The van der Waals surface area contributed by atoms with Gasteiger partial charge in [-0.15, -0.1) is 0 Å². The van der Waals surface area contributed by atoms with Crippen LogP contribution < -0.4 is 10.2 Å². The molecule has 5 nitrogen and oxygen atoms in total. The van der Waals surface area contributed by atoms with Crippen LogP contribution in [-0.4, -0.2) is 22.8 Å². The summed E-state index contributed by atoms with van der Waals surface area (Å²) in [7, 11) is 1.63. The van der Waals surface area contributed by atoms with E-state index in [9.17, 15) is 4.39 Å². The molecule has 4 rings (SSSR count). The van der Waals surface area contributed by atoms with Crippen molar-refractivity contribution in [3.05, 3.63) is 102 Å². The molecule has 0 unspecified atom stereocenters. The summed E-state index contributed by atoms with van der Waals surface area (Å²) in [6.07, 6.45) is 3.80. The van der Waals surface area contributed by atoms with Gasteiger partial charge < -0.3 is 4.74 Å². The number of para-hydroxylation sites is 2. The highest BCUT2D eigenvalue weighted by Gasteiger charge is 2.06. The lowest BCUT2D eigenvalue weighted by Gasteiger charge is -2.08. The van der Waals surface area contributed by atoms with E-state index in [1.165, 1.54) is 12.1 Å². The van der Waals surface area contributed by atoms with Gasteiger partial charge in [-0.1, -0.05) is 30.3 Å². The largest absolute Gasteiger partial charge is 0.497 e. The molecule has 6 heteroatoms. The number of nitrogens with one attached hydrogen (secondary N) is 1. The van der Waals surface area contributed by atoms with Crippen molar-refractivity contribution in [2.75, 3.05) is 12.5 Å². The fourth-order valence-corrected chi connectivity index (χ4v) is 3.02. The Hall–Kier alpha value is -4.06. The van der Waals surface area contributed by atoms with Crippen molar-refractivity contribution in [3.63, 3.8) is 0 Å². The van der Waals surface area contributed by atoms with Crippen LogP contribution in [0.25, 0.3) is 17.1 Å². The van der Waals surface area contributed by atoms with Crippen LogP contribution in [0.2, 0.25) is 0 Å². The summed E-state index contributed by atoms with van der Waals surface area (Å²) in [4.78, 5) is 9.19. The molecule has 154 valence electrons. The highest BCUT2D eigenvalue weighted by molar-refractivity contribution is 6.11. The van der Waals surface area contributed by atoms with Crippen molar-refractivity contribution in [1.29, 1.82) is 0 Å². The number of methoxy groups -OCH3 is 1. The quantitative estimate of drug-likeness (QED) is 0.330. The van der Waals surface area contributed by atoms with Crippen LogP contribution in [0.15, 0.2) is 84.0 Å². The van der Waals surface area contributed by atoms with Gasteiger partial charge >= 0.3 is 0 Å². The Bertz CT molecular complexity index is 1250. The van der Waals surface area contributed by atoms with Gasteiger partial charge in [0.25, 0.3) is 0 Å². The molecule has 31 heavy (non-hydrogen) atoms. The van der Waals surface area contributed by atoms with Crippen LogP contribution in [-0.2, 0) is 0 Å². The molecule has 0 aliphatic carbocycles. The fourth-order valence-electron chi connectivity index (χ4n) is 3.02. The van der Waals surface area contributed by atoms with Gasteiger partial charge in [-0.3, -0.25) is 5.43 Å². The second-order valence-electron chi connectivity index (χ2n) is 6.87. The zero-order valence-corrected chi connectivity index (χ0v) is 17.2. The summed E-state index contributed by atoms with van der Waals surface area (Å²) >= 11 is 0. The molecule has 0 spiro atoms. The van der Waals surface area contributed by atoms with Crippen LogP contribution in [0.3, 0.4) is 0 Å². The molecule has 3 aromatic carbocycles. The number of benzene rings is 3. The van der Waals surface area contributed by atoms with E-state index in [0.717, 1.165) is 33.6 Å². The lowest BCUT2D eigenvalue weighted by molar-refractivity contribution is 0.415. The highest BCUT2D eigenvalue weighted by Crippen LogP contribution is 2.17. The number of halogens is 1. The first-order chi connectivity index (χ1) is 15.1. The topological polar surface area (TPSA) is 59.4 Å². The molecule has 1 aromatic heterocycles. The molecular weight excluding hydrogens is 391 g/mol. The van der Waals surface area contributed by atoms with E-state index in [0.29, 0.717) is 11.5 Å². The van der Waals surface area contributed by atoms with E-state index >= 15 is 0 Å². The molecule has 0 aliphatic heterocycles. The predicted molar refractivity (Wildman–Crippen MR) is 123 cm³/mol. The lowest BCUT2D eigenvalue weighted by atomic mass is 10.1. The minimum Gasteiger partial charge on any atom is -0.497 e. The molecule has 0 saturated heterocycles. The van der Waals surface area contributed by atoms with Gasteiger partial charge in [-0.05, 0) is 67.1 Å². The standard InChI is InChI=1S/C25H21FN4O/c1-17-25(28-24-6-4-3-5-23(24)27-17)30-29-22(19-10-12-20(26)13-11-19)16-9-18-7-14-21(31-2)15-8-18/h3-16H,1-2H3,(H,28,30)/b16-9+,29-22+. The molecule has 4 aromatic rings. The van der Waals surface area contributed by atoms with Gasteiger partial charge in [-0.2, -0.15) is 5.10 Å². The summed E-state index contributed by atoms with van der Waals surface area (Å²) in [5.41, 5.74) is 7.75. The lowest BCUT2D eigenvalue weighted by Crippen LogP contribution is -2.04. The number of rotatable bonds is 6. The van der Waals surface area contributed by atoms with Crippen LogP contribution in [0.4, 0.5) is 10.2 Å². The SMILES string of the molecule is COc1ccc(/C=C/C(=N\Nc2nc3ccccc3nc2C)c2ccc(F)cc2)cc1. The van der Waals surface area contributed by atoms with Crippen molar-refractivity contribution in [1.82, 2.24) is 9.97 Å². The van der Waals surface area contributed by atoms with Crippen molar-refractivity contribution in [2.45, 2.75) is 6.92 Å². The van der Waals surface area contributed by atoms with E-state index in [2.05, 4.69) is 20.5 Å². The number of hydrogen-bond donors (Lipinski definition) is 1. The maximum absolute atomic E-state index is 13.4. The Morgan fingerprint density at radius 2 is 1.61 bits per heavy atom. The second-order valence-corrected chi connectivity index (χ2v) is 6.87. The number of fused-ring (bicyclic) bond motifs is 1. The normalized spacial score (nSPS) is 11.8. The molecule has 0 fully saturated rings. The van der Waals surface area contributed by atoms with Crippen LogP contribution >= 0.6 is 0 Å². The zero-order valence-electron chi connectivity index (χ0n) is 17.2. The third-order valence-corrected chi connectivity index (χ3v) is 4.72. The third-order valence-electron chi connectivity index (χ3n) is 4.72. The number of anilines is 1. The van der Waals surface area contributed by atoms with Crippen LogP contribution in [0.5, 0.6) is 5.75 Å². The van der Waals surface area contributed by atoms with Crippen molar-refractivity contribution >= 4 is 28.6 Å². The third kappa shape index (κ3) is 4.93. The van der Waals surface area contributed by atoms with Crippen LogP contribution in [0, 0.1) is 12.7 Å². The number of aryl methyl sites for hydroxylation is 1. The fraction of sp³-hybridized carbons (Fsp3) is 0.0800. The number of allylic oxidation sites excluding steroid dienone is 1. The molecule has 0 bridgehead atoms. The van der Waals surface area contributed by atoms with Crippen molar-refractivity contribution in [3.8, 4) is 5.75 Å². The molecule has 0 amide bonds. The molecular formula is C25H21FN4O. The predicted octanol–water partition coefficient (Wildman–Crippen LogP) is 5.62. The monoisotopic (exact) mass is 412 g/mol. The number of ether oxygens (including phenoxy) is 1. The van der Waals surface area contributed by atoms with E-state index in [1.807, 2.05) is 67.6 Å². The summed E-state index contributed by atoms with van der Waals surface area (Å²) in [6.45, 7) is 1.88. The molecule has 1 heterocycles. The number of aromatic nitrogens is 2. The van der Waals surface area contributed by atoms with Crippen molar-refractivity contribution < 1.29 is 9.13 Å². The summed E-state index contributed by atoms with van der Waals surface area (Å²) in [6, 6.07) is 21.5.